The molecule has 1 amide bonds. The van der Waals surface area contributed by atoms with Crippen molar-refractivity contribution in [1.82, 2.24) is 24.5 Å². The number of aryl methyl sites for hydroxylation is 1. The van der Waals surface area contributed by atoms with Crippen LogP contribution in [0.4, 0.5) is 0 Å². The molecular weight excluding hydrogens is 362 g/mol. The fourth-order valence-corrected chi connectivity index (χ4v) is 3.43. The quantitative estimate of drug-likeness (QED) is 0.524. The van der Waals surface area contributed by atoms with Crippen molar-refractivity contribution in [2.75, 3.05) is 7.05 Å². The van der Waals surface area contributed by atoms with E-state index in [1.165, 1.54) is 0 Å². The van der Waals surface area contributed by atoms with E-state index in [4.69, 9.17) is 5.10 Å². The number of hydrogen-bond donors (Lipinski definition) is 0. The average molecular weight is 385 g/mol. The second kappa shape index (κ2) is 7.75. The van der Waals surface area contributed by atoms with Gasteiger partial charge >= 0.3 is 0 Å². The smallest absolute Gasteiger partial charge is 0.258 e. The van der Waals surface area contributed by atoms with Gasteiger partial charge in [-0.25, -0.2) is 4.68 Å². The van der Waals surface area contributed by atoms with Crippen LogP contribution in [-0.4, -0.2) is 37.4 Å². The van der Waals surface area contributed by atoms with Crippen molar-refractivity contribution < 1.29 is 4.79 Å². The minimum absolute atomic E-state index is 0.0748. The lowest BCUT2D eigenvalue weighted by molar-refractivity contribution is 0.0783. The van der Waals surface area contributed by atoms with Crippen LogP contribution in [0.5, 0.6) is 0 Å². The molecule has 4 aromatic rings. The molecule has 0 N–H and O–H groups in total. The lowest BCUT2D eigenvalue weighted by atomic mass is 10.0. The van der Waals surface area contributed by atoms with Crippen LogP contribution >= 0.6 is 0 Å². The second-order valence-corrected chi connectivity index (χ2v) is 7.06. The predicted molar refractivity (Wildman–Crippen MR) is 113 cm³/mol. The van der Waals surface area contributed by atoms with Crippen molar-refractivity contribution in [2.24, 2.45) is 7.05 Å². The second-order valence-electron chi connectivity index (χ2n) is 7.06. The molecule has 0 aliphatic rings. The fourth-order valence-electron chi connectivity index (χ4n) is 3.43. The molecule has 29 heavy (non-hydrogen) atoms. The molecule has 2 heterocycles. The number of benzene rings is 2. The standard InChI is InChI=1S/C23H23N5O/c1-17-21(23(29)26(2)16-19-14-15-27(3)24-19)22(18-10-6-4-7-11-18)25-28(17)20-12-8-5-9-13-20/h4-15H,16H2,1-3H3. The summed E-state index contributed by atoms with van der Waals surface area (Å²) in [6.07, 6.45) is 1.88. The first-order valence-corrected chi connectivity index (χ1v) is 9.49. The molecule has 0 unspecified atom stereocenters. The molecule has 0 saturated carbocycles. The third-order valence-electron chi connectivity index (χ3n) is 4.89. The Bertz CT molecular complexity index is 1130. The summed E-state index contributed by atoms with van der Waals surface area (Å²) in [5, 5.41) is 9.20. The zero-order valence-corrected chi connectivity index (χ0v) is 16.8. The van der Waals surface area contributed by atoms with Gasteiger partial charge in [0, 0.05) is 25.9 Å². The number of hydrogen-bond acceptors (Lipinski definition) is 3. The number of aromatic nitrogens is 4. The van der Waals surface area contributed by atoms with E-state index in [9.17, 15) is 4.79 Å². The minimum Gasteiger partial charge on any atom is -0.336 e. The normalized spacial score (nSPS) is 10.9. The zero-order chi connectivity index (χ0) is 20.4. The Hall–Kier alpha value is -3.67. The fraction of sp³-hybridized carbons (Fsp3) is 0.174. The molecule has 0 saturated heterocycles. The lowest BCUT2D eigenvalue weighted by Crippen LogP contribution is -2.27. The number of rotatable bonds is 5. The van der Waals surface area contributed by atoms with Gasteiger partial charge in [-0.05, 0) is 25.1 Å². The maximum Gasteiger partial charge on any atom is 0.258 e. The van der Waals surface area contributed by atoms with Crippen LogP contribution in [0.3, 0.4) is 0 Å². The largest absolute Gasteiger partial charge is 0.336 e. The monoisotopic (exact) mass is 385 g/mol. The molecule has 0 spiro atoms. The molecule has 0 fully saturated rings. The van der Waals surface area contributed by atoms with Crippen molar-refractivity contribution >= 4 is 5.91 Å². The molecule has 4 rings (SSSR count). The van der Waals surface area contributed by atoms with Gasteiger partial charge in [0.25, 0.3) is 5.91 Å². The van der Waals surface area contributed by atoms with Crippen molar-refractivity contribution in [3.63, 3.8) is 0 Å². The van der Waals surface area contributed by atoms with E-state index in [1.807, 2.05) is 91.6 Å². The highest BCUT2D eigenvalue weighted by Gasteiger charge is 2.25. The molecule has 6 nitrogen and oxygen atoms in total. The first kappa shape index (κ1) is 18.7. The van der Waals surface area contributed by atoms with E-state index in [2.05, 4.69) is 5.10 Å². The number of carbonyl (C=O) groups excluding carboxylic acids is 1. The number of para-hydroxylation sites is 1. The number of amides is 1. The summed E-state index contributed by atoms with van der Waals surface area (Å²) in [5.41, 5.74) is 4.79. The van der Waals surface area contributed by atoms with Crippen LogP contribution in [0, 0.1) is 6.92 Å². The van der Waals surface area contributed by atoms with Gasteiger partial charge in [-0.15, -0.1) is 0 Å². The van der Waals surface area contributed by atoms with Crippen LogP contribution < -0.4 is 0 Å². The van der Waals surface area contributed by atoms with E-state index in [0.717, 1.165) is 22.6 Å². The van der Waals surface area contributed by atoms with E-state index in [1.54, 1.807) is 16.6 Å². The van der Waals surface area contributed by atoms with Crippen LogP contribution in [0.2, 0.25) is 0 Å². The Morgan fingerprint density at radius 3 is 2.24 bits per heavy atom. The number of carbonyl (C=O) groups is 1. The highest BCUT2D eigenvalue weighted by atomic mass is 16.2. The Balaban J connectivity index is 1.78. The molecule has 0 aliphatic heterocycles. The van der Waals surface area contributed by atoms with Crippen LogP contribution in [0.25, 0.3) is 16.9 Å². The van der Waals surface area contributed by atoms with Crippen LogP contribution in [0.1, 0.15) is 21.7 Å². The van der Waals surface area contributed by atoms with Gasteiger partial charge in [0.05, 0.1) is 29.2 Å². The lowest BCUT2D eigenvalue weighted by Gasteiger charge is -2.16. The maximum atomic E-state index is 13.5. The molecule has 2 aromatic carbocycles. The molecule has 0 atom stereocenters. The Kier molecular flexibility index (Phi) is 4.99. The van der Waals surface area contributed by atoms with E-state index in [-0.39, 0.29) is 5.91 Å². The molecule has 0 radical (unpaired) electrons. The van der Waals surface area contributed by atoms with Crippen LogP contribution in [0.15, 0.2) is 72.9 Å². The zero-order valence-electron chi connectivity index (χ0n) is 16.8. The summed E-state index contributed by atoms with van der Waals surface area (Å²) >= 11 is 0. The van der Waals surface area contributed by atoms with Crippen molar-refractivity contribution in [3.05, 3.63) is 89.9 Å². The summed E-state index contributed by atoms with van der Waals surface area (Å²) in [7, 11) is 3.66. The SMILES string of the molecule is Cc1c(C(=O)N(C)Cc2ccn(C)n2)c(-c2ccccc2)nn1-c1ccccc1. The first-order chi connectivity index (χ1) is 14.0. The van der Waals surface area contributed by atoms with Crippen molar-refractivity contribution in [2.45, 2.75) is 13.5 Å². The summed E-state index contributed by atoms with van der Waals surface area (Å²) in [6, 6.07) is 21.6. The van der Waals surface area contributed by atoms with Gasteiger partial charge in [0.1, 0.15) is 5.69 Å². The van der Waals surface area contributed by atoms with E-state index >= 15 is 0 Å². The summed E-state index contributed by atoms with van der Waals surface area (Å²) in [6.45, 7) is 2.37. The predicted octanol–water partition coefficient (Wildman–Crippen LogP) is 3.85. The molecule has 0 aliphatic carbocycles. The molecule has 2 aromatic heterocycles. The Morgan fingerprint density at radius 2 is 1.62 bits per heavy atom. The summed E-state index contributed by atoms with van der Waals surface area (Å²) in [4.78, 5) is 15.1. The third kappa shape index (κ3) is 3.69. The minimum atomic E-state index is -0.0748. The van der Waals surface area contributed by atoms with Crippen LogP contribution in [-0.2, 0) is 13.6 Å². The molecule has 6 heteroatoms. The molecular formula is C23H23N5O. The average Bonchev–Trinajstić information content (AvgIpc) is 3.31. The van der Waals surface area contributed by atoms with Gasteiger partial charge in [-0.3, -0.25) is 9.48 Å². The Labute approximate surface area is 170 Å². The van der Waals surface area contributed by atoms with Gasteiger partial charge in [-0.1, -0.05) is 48.5 Å². The van der Waals surface area contributed by atoms with E-state index in [0.29, 0.717) is 17.8 Å². The van der Waals surface area contributed by atoms with E-state index < -0.39 is 0 Å². The molecule has 0 bridgehead atoms. The topological polar surface area (TPSA) is 56.0 Å². The van der Waals surface area contributed by atoms with Crippen molar-refractivity contribution in [1.29, 1.82) is 0 Å². The first-order valence-electron chi connectivity index (χ1n) is 9.49. The van der Waals surface area contributed by atoms with Gasteiger partial charge < -0.3 is 4.90 Å². The third-order valence-corrected chi connectivity index (χ3v) is 4.89. The highest BCUT2D eigenvalue weighted by molar-refractivity contribution is 6.01. The van der Waals surface area contributed by atoms with Crippen molar-refractivity contribution in [3.8, 4) is 16.9 Å². The number of nitrogens with zero attached hydrogens (tertiary/aromatic N) is 5. The highest BCUT2D eigenvalue weighted by Crippen LogP contribution is 2.28. The Morgan fingerprint density at radius 1 is 0.966 bits per heavy atom. The van der Waals surface area contributed by atoms with Gasteiger partial charge in [0.2, 0.25) is 0 Å². The summed E-state index contributed by atoms with van der Waals surface area (Å²) in [5.74, 6) is -0.0748. The maximum absolute atomic E-state index is 13.5. The van der Waals surface area contributed by atoms with Gasteiger partial charge in [0.15, 0.2) is 0 Å². The van der Waals surface area contributed by atoms with Gasteiger partial charge in [-0.2, -0.15) is 10.2 Å². The summed E-state index contributed by atoms with van der Waals surface area (Å²) < 4.78 is 3.58. The molecule has 146 valence electrons.